The van der Waals surface area contributed by atoms with Crippen LogP contribution in [0.2, 0.25) is 0 Å². The van der Waals surface area contributed by atoms with Crippen LogP contribution in [0.4, 0.5) is 0 Å². The van der Waals surface area contributed by atoms with Crippen molar-refractivity contribution in [3.05, 3.63) is 42.4 Å². The van der Waals surface area contributed by atoms with Crippen molar-refractivity contribution in [2.24, 2.45) is 5.92 Å². The Morgan fingerprint density at radius 3 is 2.96 bits per heavy atom. The van der Waals surface area contributed by atoms with Crippen molar-refractivity contribution in [1.29, 1.82) is 0 Å². The number of para-hydroxylation sites is 1. The minimum Gasteiger partial charge on any atom is -0.485 e. The highest BCUT2D eigenvalue weighted by atomic mass is 16.5. The molecule has 7 heteroatoms. The maximum atomic E-state index is 5.97. The molecule has 3 heterocycles. The van der Waals surface area contributed by atoms with Gasteiger partial charge < -0.3 is 9.47 Å². The van der Waals surface area contributed by atoms with Gasteiger partial charge in [-0.25, -0.2) is 4.68 Å². The highest BCUT2D eigenvalue weighted by molar-refractivity contribution is 5.84. The Labute approximate surface area is 139 Å². The van der Waals surface area contributed by atoms with Gasteiger partial charge in [-0.05, 0) is 47.4 Å². The normalized spacial score (nSPS) is 15.7. The van der Waals surface area contributed by atoms with Crippen molar-refractivity contribution in [2.75, 3.05) is 13.2 Å². The molecule has 0 bridgehead atoms. The van der Waals surface area contributed by atoms with Gasteiger partial charge in [-0.2, -0.15) is 0 Å². The maximum absolute atomic E-state index is 5.97. The van der Waals surface area contributed by atoms with Crippen LogP contribution in [0.25, 0.3) is 10.9 Å². The van der Waals surface area contributed by atoms with Gasteiger partial charge in [0.05, 0.1) is 5.52 Å². The van der Waals surface area contributed by atoms with Crippen LogP contribution in [-0.4, -0.2) is 38.4 Å². The Kier molecular flexibility index (Phi) is 4.33. The van der Waals surface area contributed by atoms with Crippen LogP contribution in [-0.2, 0) is 17.9 Å². The Bertz CT molecular complexity index is 808. The van der Waals surface area contributed by atoms with Gasteiger partial charge in [0, 0.05) is 31.3 Å². The highest BCUT2D eigenvalue weighted by Gasteiger charge is 2.17. The van der Waals surface area contributed by atoms with E-state index >= 15 is 0 Å². The molecule has 4 rings (SSSR count). The maximum Gasteiger partial charge on any atom is 0.189 e. The fraction of sp³-hybridized carbons (Fsp3) is 0.412. The second kappa shape index (κ2) is 6.92. The zero-order valence-corrected chi connectivity index (χ0v) is 13.3. The molecule has 0 radical (unpaired) electrons. The molecule has 2 aromatic heterocycles. The molecule has 1 fully saturated rings. The van der Waals surface area contributed by atoms with Gasteiger partial charge in [-0.3, -0.25) is 4.98 Å². The summed E-state index contributed by atoms with van der Waals surface area (Å²) in [5.74, 6) is 2.09. The number of rotatable bonds is 5. The minimum absolute atomic E-state index is 0.338. The summed E-state index contributed by atoms with van der Waals surface area (Å²) >= 11 is 0. The molecule has 0 saturated carbocycles. The van der Waals surface area contributed by atoms with Gasteiger partial charge in [0.25, 0.3) is 0 Å². The fourth-order valence-electron chi connectivity index (χ4n) is 2.98. The SMILES string of the molecule is c1ccc2c(OCc3nnnn3CC3CCOCC3)ccnc2c1. The summed E-state index contributed by atoms with van der Waals surface area (Å²) in [6, 6.07) is 9.79. The zero-order chi connectivity index (χ0) is 16.2. The second-order valence-corrected chi connectivity index (χ2v) is 5.95. The number of nitrogens with zero attached hydrogens (tertiary/aromatic N) is 5. The number of benzene rings is 1. The van der Waals surface area contributed by atoms with E-state index in [1.165, 1.54) is 0 Å². The van der Waals surface area contributed by atoms with Crippen LogP contribution in [0.1, 0.15) is 18.7 Å². The van der Waals surface area contributed by atoms with Crippen LogP contribution in [0.5, 0.6) is 5.75 Å². The number of hydrogen-bond acceptors (Lipinski definition) is 6. The van der Waals surface area contributed by atoms with Crippen LogP contribution < -0.4 is 4.74 Å². The average Bonchev–Trinajstić information content (AvgIpc) is 3.08. The summed E-state index contributed by atoms with van der Waals surface area (Å²) < 4.78 is 13.2. The fourth-order valence-corrected chi connectivity index (χ4v) is 2.98. The number of ether oxygens (including phenoxy) is 2. The van der Waals surface area contributed by atoms with Crippen molar-refractivity contribution < 1.29 is 9.47 Å². The summed E-state index contributed by atoms with van der Waals surface area (Å²) in [6.07, 6.45) is 3.85. The van der Waals surface area contributed by atoms with Gasteiger partial charge in [-0.1, -0.05) is 12.1 Å². The van der Waals surface area contributed by atoms with E-state index < -0.39 is 0 Å². The Morgan fingerprint density at radius 1 is 1.17 bits per heavy atom. The van der Waals surface area contributed by atoms with Gasteiger partial charge in [-0.15, -0.1) is 5.10 Å². The van der Waals surface area contributed by atoms with Crippen molar-refractivity contribution in [1.82, 2.24) is 25.2 Å². The molecule has 0 aliphatic carbocycles. The van der Waals surface area contributed by atoms with E-state index in [1.54, 1.807) is 6.20 Å². The van der Waals surface area contributed by atoms with E-state index in [4.69, 9.17) is 9.47 Å². The lowest BCUT2D eigenvalue weighted by Gasteiger charge is -2.21. The van der Waals surface area contributed by atoms with Crippen LogP contribution >= 0.6 is 0 Å². The summed E-state index contributed by atoms with van der Waals surface area (Å²) in [4.78, 5) is 4.34. The molecule has 0 amide bonds. The molecule has 0 atom stereocenters. The first kappa shape index (κ1) is 15.0. The highest BCUT2D eigenvalue weighted by Crippen LogP contribution is 2.24. The van der Waals surface area contributed by atoms with Crippen LogP contribution in [0, 0.1) is 5.92 Å². The molecule has 1 aromatic carbocycles. The third-order valence-electron chi connectivity index (χ3n) is 4.34. The topological polar surface area (TPSA) is 75.0 Å². The molecule has 1 aliphatic rings. The Hall–Kier alpha value is -2.54. The number of pyridine rings is 1. The number of tetrazole rings is 1. The van der Waals surface area contributed by atoms with Crippen molar-refractivity contribution in [3.63, 3.8) is 0 Å². The third kappa shape index (κ3) is 3.21. The summed E-state index contributed by atoms with van der Waals surface area (Å²) in [7, 11) is 0. The van der Waals surface area contributed by atoms with Crippen molar-refractivity contribution >= 4 is 10.9 Å². The largest absolute Gasteiger partial charge is 0.485 e. The lowest BCUT2D eigenvalue weighted by molar-refractivity contribution is 0.0593. The number of aromatic nitrogens is 5. The average molecular weight is 325 g/mol. The molecule has 1 aliphatic heterocycles. The molecule has 0 N–H and O–H groups in total. The molecule has 0 spiro atoms. The van der Waals surface area contributed by atoms with Gasteiger partial charge in [0.2, 0.25) is 0 Å². The first-order chi connectivity index (χ1) is 11.9. The van der Waals surface area contributed by atoms with Crippen LogP contribution in [0.15, 0.2) is 36.5 Å². The lowest BCUT2D eigenvalue weighted by Crippen LogP contribution is -2.22. The lowest BCUT2D eigenvalue weighted by atomic mass is 10.0. The van der Waals surface area contributed by atoms with Crippen molar-refractivity contribution in [3.8, 4) is 5.75 Å². The van der Waals surface area contributed by atoms with E-state index in [9.17, 15) is 0 Å². The molecule has 24 heavy (non-hydrogen) atoms. The Morgan fingerprint density at radius 2 is 2.04 bits per heavy atom. The first-order valence-electron chi connectivity index (χ1n) is 8.19. The van der Waals surface area contributed by atoms with E-state index in [2.05, 4.69) is 20.5 Å². The third-order valence-corrected chi connectivity index (χ3v) is 4.34. The predicted octanol–water partition coefficient (Wildman–Crippen LogP) is 2.23. The Balaban J connectivity index is 1.47. The smallest absolute Gasteiger partial charge is 0.189 e. The van der Waals surface area contributed by atoms with Crippen molar-refractivity contribution in [2.45, 2.75) is 26.0 Å². The monoisotopic (exact) mass is 325 g/mol. The molecule has 124 valence electrons. The molecule has 0 unspecified atom stereocenters. The van der Waals surface area contributed by atoms with E-state index in [-0.39, 0.29) is 0 Å². The minimum atomic E-state index is 0.338. The van der Waals surface area contributed by atoms with Gasteiger partial charge in [0.1, 0.15) is 12.4 Å². The zero-order valence-electron chi connectivity index (χ0n) is 13.3. The van der Waals surface area contributed by atoms with E-state index in [0.717, 1.165) is 55.1 Å². The summed E-state index contributed by atoms with van der Waals surface area (Å²) in [5.41, 5.74) is 0.914. The number of hydrogen-bond donors (Lipinski definition) is 0. The first-order valence-corrected chi connectivity index (χ1v) is 8.19. The second-order valence-electron chi connectivity index (χ2n) is 5.95. The summed E-state index contributed by atoms with van der Waals surface area (Å²) in [5, 5.41) is 13.0. The summed E-state index contributed by atoms with van der Waals surface area (Å²) in [6.45, 7) is 2.79. The van der Waals surface area contributed by atoms with E-state index in [1.807, 2.05) is 35.0 Å². The van der Waals surface area contributed by atoms with Crippen LogP contribution in [0.3, 0.4) is 0 Å². The molecule has 7 nitrogen and oxygen atoms in total. The predicted molar refractivity (Wildman–Crippen MR) is 87.4 cm³/mol. The van der Waals surface area contributed by atoms with Gasteiger partial charge >= 0.3 is 0 Å². The number of fused-ring (bicyclic) bond motifs is 1. The molecular weight excluding hydrogens is 306 g/mol. The molecule has 3 aromatic rings. The van der Waals surface area contributed by atoms with E-state index in [0.29, 0.717) is 12.5 Å². The molecular formula is C17H19N5O2. The molecule has 1 saturated heterocycles. The standard InChI is InChI=1S/C17H19N5O2/c1-2-4-15-14(3-1)16(5-8-18-15)24-12-17-19-20-21-22(17)11-13-6-9-23-10-7-13/h1-5,8,13H,6-7,9-12H2. The quantitative estimate of drug-likeness (QED) is 0.716. The van der Waals surface area contributed by atoms with Gasteiger partial charge in [0.15, 0.2) is 5.82 Å².